The van der Waals surface area contributed by atoms with E-state index in [0.717, 1.165) is 31.8 Å². The first-order valence-corrected chi connectivity index (χ1v) is 6.22. The van der Waals surface area contributed by atoms with Gasteiger partial charge >= 0.3 is 0 Å². The summed E-state index contributed by atoms with van der Waals surface area (Å²) in [6.07, 6.45) is 5.32. The third kappa shape index (κ3) is 4.09. The van der Waals surface area contributed by atoms with E-state index < -0.39 is 0 Å². The molecule has 90 valence electrons. The lowest BCUT2D eigenvalue weighted by molar-refractivity contribution is 0.102. The Balaban J connectivity index is 2.29. The van der Waals surface area contributed by atoms with Crippen LogP contribution >= 0.6 is 0 Å². The van der Waals surface area contributed by atoms with Crippen LogP contribution in [0.15, 0.2) is 0 Å². The smallest absolute Gasteiger partial charge is 0.0589 e. The van der Waals surface area contributed by atoms with Crippen molar-refractivity contribution in [2.24, 2.45) is 0 Å². The molecule has 1 fully saturated rings. The Bertz CT molecular complexity index is 156. The van der Waals surface area contributed by atoms with Crippen LogP contribution < -0.4 is 5.32 Å². The van der Waals surface area contributed by atoms with Crippen molar-refractivity contribution in [3.63, 3.8) is 0 Å². The molecule has 3 heteroatoms. The van der Waals surface area contributed by atoms with E-state index in [9.17, 15) is 0 Å². The highest BCUT2D eigenvalue weighted by Crippen LogP contribution is 2.22. The second-order valence-electron chi connectivity index (χ2n) is 4.42. The number of hydrogen-bond donors (Lipinski definition) is 1. The molecule has 0 aromatic rings. The van der Waals surface area contributed by atoms with Crippen LogP contribution in [0.1, 0.15) is 32.6 Å². The molecule has 0 aliphatic heterocycles. The van der Waals surface area contributed by atoms with Crippen LogP contribution in [-0.4, -0.2) is 50.8 Å². The van der Waals surface area contributed by atoms with Crippen molar-refractivity contribution in [2.75, 3.05) is 33.9 Å². The second kappa shape index (κ2) is 7.20. The average Bonchev–Trinajstić information content (AvgIpc) is 2.31. The minimum Gasteiger partial charge on any atom is -0.383 e. The Morgan fingerprint density at radius 2 is 1.93 bits per heavy atom. The molecule has 0 heterocycles. The van der Waals surface area contributed by atoms with E-state index in [0.29, 0.717) is 0 Å². The van der Waals surface area contributed by atoms with Gasteiger partial charge in [-0.05, 0) is 39.3 Å². The van der Waals surface area contributed by atoms with E-state index in [2.05, 4.69) is 24.2 Å². The van der Waals surface area contributed by atoms with Crippen LogP contribution in [0.4, 0.5) is 0 Å². The number of rotatable bonds is 6. The van der Waals surface area contributed by atoms with Crippen LogP contribution in [0, 0.1) is 0 Å². The van der Waals surface area contributed by atoms with Crippen molar-refractivity contribution in [2.45, 2.75) is 44.7 Å². The highest BCUT2D eigenvalue weighted by Gasteiger charge is 2.23. The molecule has 1 aliphatic carbocycles. The third-order valence-corrected chi connectivity index (χ3v) is 3.61. The zero-order valence-electron chi connectivity index (χ0n) is 10.5. The van der Waals surface area contributed by atoms with Gasteiger partial charge < -0.3 is 10.1 Å². The summed E-state index contributed by atoms with van der Waals surface area (Å²) in [6, 6.07) is 1.54. The summed E-state index contributed by atoms with van der Waals surface area (Å²) in [7, 11) is 3.86. The third-order valence-electron chi connectivity index (χ3n) is 3.61. The lowest BCUT2D eigenvalue weighted by atomic mass is 9.90. The first kappa shape index (κ1) is 12.9. The quantitative estimate of drug-likeness (QED) is 0.725. The number of methoxy groups -OCH3 is 1. The topological polar surface area (TPSA) is 24.5 Å². The minimum absolute atomic E-state index is 0.752. The molecular weight excluding hydrogens is 188 g/mol. The second-order valence-corrected chi connectivity index (χ2v) is 4.42. The molecule has 1 rings (SSSR count). The zero-order valence-corrected chi connectivity index (χ0v) is 10.5. The standard InChI is InChI=1S/C12H26N2O/c1-4-14(9-10-15-3)12-7-5-11(13-2)6-8-12/h11-13H,4-10H2,1-3H3. The van der Waals surface area contributed by atoms with Crippen LogP contribution in [0.3, 0.4) is 0 Å². The van der Waals surface area contributed by atoms with Crippen molar-refractivity contribution in [3.05, 3.63) is 0 Å². The maximum absolute atomic E-state index is 5.15. The molecule has 0 spiro atoms. The molecule has 0 aromatic carbocycles. The lowest BCUT2D eigenvalue weighted by Crippen LogP contribution is -2.42. The molecule has 1 N–H and O–H groups in total. The molecule has 0 amide bonds. The van der Waals surface area contributed by atoms with Gasteiger partial charge in [-0.3, -0.25) is 4.90 Å². The molecule has 0 bridgehead atoms. The van der Waals surface area contributed by atoms with E-state index in [4.69, 9.17) is 4.74 Å². The van der Waals surface area contributed by atoms with Gasteiger partial charge in [-0.15, -0.1) is 0 Å². The molecular formula is C12H26N2O. The molecule has 0 unspecified atom stereocenters. The maximum Gasteiger partial charge on any atom is 0.0589 e. The minimum atomic E-state index is 0.752. The van der Waals surface area contributed by atoms with Gasteiger partial charge in [-0.2, -0.15) is 0 Å². The number of hydrogen-bond acceptors (Lipinski definition) is 3. The highest BCUT2D eigenvalue weighted by molar-refractivity contribution is 4.81. The maximum atomic E-state index is 5.15. The Labute approximate surface area is 94.2 Å². The van der Waals surface area contributed by atoms with Crippen molar-refractivity contribution >= 4 is 0 Å². The first-order valence-electron chi connectivity index (χ1n) is 6.22. The summed E-state index contributed by atoms with van der Waals surface area (Å²) in [4.78, 5) is 2.56. The largest absolute Gasteiger partial charge is 0.383 e. The van der Waals surface area contributed by atoms with Crippen molar-refractivity contribution in [3.8, 4) is 0 Å². The van der Waals surface area contributed by atoms with Crippen LogP contribution in [0.2, 0.25) is 0 Å². The van der Waals surface area contributed by atoms with Gasteiger partial charge in [0.05, 0.1) is 6.61 Å². The van der Waals surface area contributed by atoms with Crippen molar-refractivity contribution in [1.29, 1.82) is 0 Å². The summed E-state index contributed by atoms with van der Waals surface area (Å²) < 4.78 is 5.15. The predicted molar refractivity (Wildman–Crippen MR) is 64.2 cm³/mol. The number of nitrogens with zero attached hydrogens (tertiary/aromatic N) is 1. The Kier molecular flexibility index (Phi) is 6.22. The van der Waals surface area contributed by atoms with Gasteiger partial charge in [0.1, 0.15) is 0 Å². The molecule has 0 saturated heterocycles. The van der Waals surface area contributed by atoms with Gasteiger partial charge in [-0.1, -0.05) is 6.92 Å². The van der Waals surface area contributed by atoms with Gasteiger partial charge in [0.2, 0.25) is 0 Å². The van der Waals surface area contributed by atoms with Gasteiger partial charge in [0, 0.05) is 25.7 Å². The Morgan fingerprint density at radius 1 is 1.27 bits per heavy atom. The first-order chi connectivity index (χ1) is 7.31. The van der Waals surface area contributed by atoms with E-state index in [1.165, 1.54) is 25.7 Å². The van der Waals surface area contributed by atoms with E-state index in [1.807, 2.05) is 0 Å². The predicted octanol–water partition coefficient (Wildman–Crippen LogP) is 1.49. The Hall–Kier alpha value is -0.120. The molecule has 1 saturated carbocycles. The Morgan fingerprint density at radius 3 is 2.40 bits per heavy atom. The summed E-state index contributed by atoms with van der Waals surface area (Å²) in [5.41, 5.74) is 0. The molecule has 3 nitrogen and oxygen atoms in total. The number of nitrogens with one attached hydrogen (secondary N) is 1. The van der Waals surface area contributed by atoms with Gasteiger partial charge in [0.25, 0.3) is 0 Å². The van der Waals surface area contributed by atoms with Gasteiger partial charge in [-0.25, -0.2) is 0 Å². The summed E-state index contributed by atoms with van der Waals surface area (Å²) >= 11 is 0. The van der Waals surface area contributed by atoms with Crippen molar-refractivity contribution in [1.82, 2.24) is 10.2 Å². The molecule has 1 aliphatic rings. The fourth-order valence-electron chi connectivity index (χ4n) is 2.54. The molecule has 0 radical (unpaired) electrons. The zero-order chi connectivity index (χ0) is 11.1. The molecule has 0 atom stereocenters. The fourth-order valence-corrected chi connectivity index (χ4v) is 2.54. The number of ether oxygens (including phenoxy) is 1. The fraction of sp³-hybridized carbons (Fsp3) is 1.00. The van der Waals surface area contributed by atoms with E-state index in [-0.39, 0.29) is 0 Å². The van der Waals surface area contributed by atoms with Crippen LogP contribution in [0.25, 0.3) is 0 Å². The summed E-state index contributed by atoms with van der Waals surface area (Å²) in [5.74, 6) is 0. The average molecular weight is 214 g/mol. The van der Waals surface area contributed by atoms with Crippen LogP contribution in [-0.2, 0) is 4.74 Å². The lowest BCUT2D eigenvalue weighted by Gasteiger charge is -2.36. The normalized spacial score (nSPS) is 27.2. The van der Waals surface area contributed by atoms with E-state index >= 15 is 0 Å². The van der Waals surface area contributed by atoms with E-state index in [1.54, 1.807) is 7.11 Å². The SMILES string of the molecule is CCN(CCOC)C1CCC(NC)CC1. The highest BCUT2D eigenvalue weighted by atomic mass is 16.5. The molecule has 15 heavy (non-hydrogen) atoms. The monoisotopic (exact) mass is 214 g/mol. The summed E-state index contributed by atoms with van der Waals surface area (Å²) in [6.45, 7) is 5.35. The molecule has 0 aromatic heterocycles. The summed E-state index contributed by atoms with van der Waals surface area (Å²) in [5, 5.41) is 3.38. The van der Waals surface area contributed by atoms with Crippen LogP contribution in [0.5, 0.6) is 0 Å². The van der Waals surface area contributed by atoms with Crippen molar-refractivity contribution < 1.29 is 4.74 Å². The van der Waals surface area contributed by atoms with Gasteiger partial charge in [0.15, 0.2) is 0 Å². The number of likely N-dealkylation sites (N-methyl/N-ethyl adjacent to an activating group) is 1.